The first-order valence-corrected chi connectivity index (χ1v) is 7.06. The van der Waals surface area contributed by atoms with Crippen molar-refractivity contribution in [3.05, 3.63) is 36.5 Å². The number of amides is 2. The molecule has 1 aliphatic rings. The number of hydrogen-bond donors (Lipinski definition) is 0. The van der Waals surface area contributed by atoms with E-state index < -0.39 is 6.17 Å². The van der Waals surface area contributed by atoms with E-state index in [0.717, 1.165) is 5.57 Å². The quantitative estimate of drug-likeness (QED) is 0.533. The van der Waals surface area contributed by atoms with E-state index in [9.17, 15) is 14.0 Å². The van der Waals surface area contributed by atoms with E-state index in [1.54, 1.807) is 17.1 Å². The summed E-state index contributed by atoms with van der Waals surface area (Å²) in [5, 5.41) is 0. The van der Waals surface area contributed by atoms with Crippen LogP contribution >= 0.6 is 0 Å². The van der Waals surface area contributed by atoms with Gasteiger partial charge in [0.1, 0.15) is 6.17 Å². The molecule has 0 aliphatic carbocycles. The Morgan fingerprint density at radius 3 is 2.76 bits per heavy atom. The molecule has 0 bridgehead atoms. The van der Waals surface area contributed by atoms with Gasteiger partial charge in [-0.25, -0.2) is 4.39 Å². The molecule has 0 spiro atoms. The van der Waals surface area contributed by atoms with E-state index >= 15 is 0 Å². The van der Waals surface area contributed by atoms with Crippen LogP contribution in [0, 0.1) is 0 Å². The van der Waals surface area contributed by atoms with Crippen LogP contribution in [-0.2, 0) is 9.59 Å². The lowest BCUT2D eigenvalue weighted by Crippen LogP contribution is -2.42. The summed E-state index contributed by atoms with van der Waals surface area (Å²) in [6.45, 7) is 7.90. The molecule has 1 rings (SSSR count). The highest BCUT2D eigenvalue weighted by atomic mass is 19.1. The van der Waals surface area contributed by atoms with Crippen LogP contribution in [0.2, 0.25) is 0 Å². The van der Waals surface area contributed by atoms with Crippen molar-refractivity contribution in [1.29, 1.82) is 0 Å². The average Bonchev–Trinajstić information content (AvgIpc) is 2.81. The fraction of sp³-hybridized carbons (Fsp3) is 0.500. The van der Waals surface area contributed by atoms with Gasteiger partial charge in [-0.15, -0.1) is 0 Å². The third kappa shape index (κ3) is 5.17. The van der Waals surface area contributed by atoms with Crippen LogP contribution in [0.5, 0.6) is 0 Å². The van der Waals surface area contributed by atoms with Crippen LogP contribution in [0.15, 0.2) is 36.5 Å². The molecule has 1 saturated heterocycles. The Balaban J connectivity index is 2.74. The number of nitrogens with zero attached hydrogens (tertiary/aromatic N) is 2. The lowest BCUT2D eigenvalue weighted by molar-refractivity contribution is -0.130. The predicted molar refractivity (Wildman–Crippen MR) is 81.4 cm³/mol. The minimum absolute atomic E-state index is 0.0884. The van der Waals surface area contributed by atoms with E-state index in [0.29, 0.717) is 19.5 Å². The first kappa shape index (κ1) is 17.1. The Labute approximate surface area is 125 Å². The second-order valence-corrected chi connectivity index (χ2v) is 5.15. The smallest absolute Gasteiger partial charge is 0.219 e. The number of likely N-dealkylation sites (tertiary alicyclic amines) is 1. The molecular weight excluding hydrogens is 271 g/mol. The Kier molecular flexibility index (Phi) is 6.85. The molecule has 0 N–H and O–H groups in total. The van der Waals surface area contributed by atoms with Crippen molar-refractivity contribution in [1.82, 2.24) is 9.80 Å². The molecule has 21 heavy (non-hydrogen) atoms. The fourth-order valence-electron chi connectivity index (χ4n) is 2.40. The summed E-state index contributed by atoms with van der Waals surface area (Å²) in [4.78, 5) is 25.8. The molecule has 2 atom stereocenters. The molecular formula is C16H23FN2O2. The van der Waals surface area contributed by atoms with Crippen LogP contribution in [0.1, 0.15) is 20.3 Å². The summed E-state index contributed by atoms with van der Waals surface area (Å²) in [7, 11) is 0. The Morgan fingerprint density at radius 1 is 1.52 bits per heavy atom. The van der Waals surface area contributed by atoms with Crippen LogP contribution in [0.25, 0.3) is 0 Å². The molecule has 116 valence electrons. The van der Waals surface area contributed by atoms with Crippen molar-refractivity contribution in [2.45, 2.75) is 32.5 Å². The largest absolute Gasteiger partial charge is 0.337 e. The van der Waals surface area contributed by atoms with Gasteiger partial charge < -0.3 is 9.80 Å². The standard InChI is InChI=1S/C16H23FN2O2/c1-4-6-7-14(5-2)9-18(13(3)21)11-16-8-15(17)10-19(16)12-20/h4-7,12,15-16H,1,8-11H2,2-3H3/b7-6-,14-5+. The zero-order valence-electron chi connectivity index (χ0n) is 12.7. The molecule has 1 heterocycles. The highest BCUT2D eigenvalue weighted by Gasteiger charge is 2.32. The van der Waals surface area contributed by atoms with E-state index in [1.165, 1.54) is 11.8 Å². The maximum absolute atomic E-state index is 13.4. The summed E-state index contributed by atoms with van der Waals surface area (Å²) in [5.74, 6) is -0.0884. The number of halogens is 1. The lowest BCUT2D eigenvalue weighted by Gasteiger charge is -2.28. The van der Waals surface area contributed by atoms with Crippen molar-refractivity contribution < 1.29 is 14.0 Å². The number of carbonyl (C=O) groups is 2. The average molecular weight is 294 g/mol. The Bertz CT molecular complexity index is 446. The van der Waals surface area contributed by atoms with Crippen LogP contribution in [-0.4, -0.2) is 54.0 Å². The molecule has 0 saturated carbocycles. The van der Waals surface area contributed by atoms with Crippen molar-refractivity contribution in [3.63, 3.8) is 0 Å². The number of allylic oxidation sites excluding steroid dienone is 3. The SMILES string of the molecule is C=C/C=C\C(=C/C)CN(CC1CC(F)CN1C=O)C(C)=O. The fourth-order valence-corrected chi connectivity index (χ4v) is 2.40. The molecule has 4 nitrogen and oxygen atoms in total. The second-order valence-electron chi connectivity index (χ2n) is 5.15. The topological polar surface area (TPSA) is 40.6 Å². The zero-order chi connectivity index (χ0) is 15.8. The Morgan fingerprint density at radius 2 is 2.24 bits per heavy atom. The van der Waals surface area contributed by atoms with Crippen LogP contribution < -0.4 is 0 Å². The van der Waals surface area contributed by atoms with E-state index in [-0.39, 0.29) is 24.9 Å². The number of carbonyl (C=O) groups excluding carboxylic acids is 2. The number of rotatable bonds is 7. The summed E-state index contributed by atoms with van der Waals surface area (Å²) in [5.41, 5.74) is 0.970. The number of hydrogen-bond acceptors (Lipinski definition) is 2. The maximum atomic E-state index is 13.4. The highest BCUT2D eigenvalue weighted by Crippen LogP contribution is 2.20. The minimum atomic E-state index is -1.00. The van der Waals surface area contributed by atoms with Gasteiger partial charge in [0.2, 0.25) is 12.3 Å². The van der Waals surface area contributed by atoms with Gasteiger partial charge in [-0.05, 0) is 12.5 Å². The summed E-state index contributed by atoms with van der Waals surface area (Å²) in [6.07, 6.45) is 7.22. The third-order valence-electron chi connectivity index (χ3n) is 3.61. The van der Waals surface area contributed by atoms with Crippen molar-refractivity contribution >= 4 is 12.3 Å². The van der Waals surface area contributed by atoms with Gasteiger partial charge in [0.15, 0.2) is 0 Å². The monoisotopic (exact) mass is 294 g/mol. The van der Waals surface area contributed by atoms with Gasteiger partial charge >= 0.3 is 0 Å². The first-order valence-electron chi connectivity index (χ1n) is 7.06. The van der Waals surface area contributed by atoms with Crippen LogP contribution in [0.3, 0.4) is 0 Å². The molecule has 2 unspecified atom stereocenters. The van der Waals surface area contributed by atoms with Crippen LogP contribution in [0.4, 0.5) is 4.39 Å². The first-order chi connectivity index (χ1) is 10.0. The molecule has 0 radical (unpaired) electrons. The molecule has 2 amide bonds. The third-order valence-corrected chi connectivity index (χ3v) is 3.61. The lowest BCUT2D eigenvalue weighted by atomic mass is 10.1. The minimum Gasteiger partial charge on any atom is -0.337 e. The van der Waals surface area contributed by atoms with Gasteiger partial charge in [0, 0.05) is 26.4 Å². The highest BCUT2D eigenvalue weighted by molar-refractivity contribution is 5.73. The summed E-state index contributed by atoms with van der Waals surface area (Å²) in [6, 6.07) is -0.247. The Hall–Kier alpha value is -1.91. The van der Waals surface area contributed by atoms with E-state index in [1.807, 2.05) is 19.1 Å². The van der Waals surface area contributed by atoms with Crippen molar-refractivity contribution in [2.75, 3.05) is 19.6 Å². The predicted octanol–water partition coefficient (Wildman–Crippen LogP) is 2.09. The van der Waals surface area contributed by atoms with Crippen molar-refractivity contribution in [3.8, 4) is 0 Å². The normalized spacial score (nSPS) is 22.6. The van der Waals surface area contributed by atoms with Gasteiger partial charge in [-0.2, -0.15) is 0 Å². The van der Waals surface area contributed by atoms with E-state index in [2.05, 4.69) is 6.58 Å². The van der Waals surface area contributed by atoms with Crippen molar-refractivity contribution in [2.24, 2.45) is 0 Å². The maximum Gasteiger partial charge on any atom is 0.219 e. The number of alkyl halides is 1. The second kappa shape index (κ2) is 8.39. The molecule has 5 heteroatoms. The molecule has 1 aliphatic heterocycles. The van der Waals surface area contributed by atoms with Gasteiger partial charge in [0.25, 0.3) is 0 Å². The van der Waals surface area contributed by atoms with E-state index in [4.69, 9.17) is 0 Å². The van der Waals surface area contributed by atoms with Gasteiger partial charge in [0.05, 0.1) is 12.6 Å². The molecule has 1 fully saturated rings. The molecule has 0 aromatic carbocycles. The molecule has 0 aromatic heterocycles. The van der Waals surface area contributed by atoms with Gasteiger partial charge in [-0.1, -0.05) is 30.9 Å². The zero-order valence-corrected chi connectivity index (χ0v) is 12.7. The summed E-state index contributed by atoms with van der Waals surface area (Å²) < 4.78 is 13.4. The molecule has 0 aromatic rings. The summed E-state index contributed by atoms with van der Waals surface area (Å²) >= 11 is 0. The van der Waals surface area contributed by atoms with Gasteiger partial charge in [-0.3, -0.25) is 9.59 Å².